The zero-order valence-electron chi connectivity index (χ0n) is 33.7. The molecule has 0 fully saturated rings. The number of carbonyl (C=O) groups is 2. The molecule has 0 N–H and O–H groups in total. The lowest BCUT2D eigenvalue weighted by Crippen LogP contribution is -2.42. The van der Waals surface area contributed by atoms with E-state index in [4.69, 9.17) is 9.47 Å². The van der Waals surface area contributed by atoms with E-state index in [2.05, 4.69) is 65.6 Å². The summed E-state index contributed by atoms with van der Waals surface area (Å²) in [7, 11) is 9.13. The summed E-state index contributed by atoms with van der Waals surface area (Å²) in [5.74, 6) is -0.441. The molecule has 2 rings (SSSR count). The Morgan fingerprint density at radius 1 is 0.481 bits per heavy atom. The van der Waals surface area contributed by atoms with Crippen molar-refractivity contribution in [2.45, 2.75) is 129 Å². The smallest absolute Gasteiger partial charge is 0.338 e. The summed E-state index contributed by atoms with van der Waals surface area (Å²) >= 11 is 0. The normalized spacial score (nSPS) is 11.7. The van der Waals surface area contributed by atoms with Gasteiger partial charge in [0.05, 0.1) is 65.6 Å². The molecule has 0 aliphatic carbocycles. The molecule has 0 radical (unpaired) electrons. The van der Waals surface area contributed by atoms with Gasteiger partial charge in [-0.05, 0) is 62.8 Å². The Morgan fingerprint density at radius 3 is 1.12 bits per heavy atom. The van der Waals surface area contributed by atoms with Gasteiger partial charge in [0.1, 0.15) is 13.1 Å². The van der Waals surface area contributed by atoms with Crippen LogP contribution in [0, 0.1) is 0 Å². The minimum Gasteiger partial charge on any atom is -0.462 e. The van der Waals surface area contributed by atoms with Crippen molar-refractivity contribution in [1.29, 1.82) is 0 Å². The van der Waals surface area contributed by atoms with Crippen molar-refractivity contribution < 1.29 is 28.0 Å². The number of quaternary nitrogens is 2. The van der Waals surface area contributed by atoms with Crippen molar-refractivity contribution in [3.63, 3.8) is 0 Å². The first-order valence-electron chi connectivity index (χ1n) is 20.4. The first-order chi connectivity index (χ1) is 25.0. The van der Waals surface area contributed by atoms with Crippen LogP contribution in [0.25, 0.3) is 0 Å². The molecule has 0 saturated heterocycles. The lowest BCUT2D eigenvalue weighted by molar-refractivity contribution is -0.910. The van der Waals surface area contributed by atoms with Crippen LogP contribution in [0.3, 0.4) is 0 Å². The molecule has 0 aliphatic rings. The molecule has 0 spiro atoms. The number of nitrogens with zero attached hydrogens (tertiary/aromatic N) is 2. The second-order valence-corrected chi connectivity index (χ2v) is 16.1. The molecule has 0 aromatic heterocycles. The lowest BCUT2D eigenvalue weighted by atomic mass is 10.1. The van der Waals surface area contributed by atoms with E-state index < -0.39 is 0 Å². The molecule has 0 aliphatic heterocycles. The summed E-state index contributed by atoms with van der Waals surface area (Å²) in [6.45, 7) is 12.6. The highest BCUT2D eigenvalue weighted by Gasteiger charge is 2.20. The van der Waals surface area contributed by atoms with Crippen LogP contribution in [0.1, 0.15) is 147 Å². The maximum absolute atomic E-state index is 12.5. The van der Waals surface area contributed by atoms with Gasteiger partial charge in [-0.2, -0.15) is 0 Å². The van der Waals surface area contributed by atoms with Crippen LogP contribution in [-0.2, 0) is 22.6 Å². The number of esters is 2. The monoisotopic (exact) mass is 719 g/mol. The summed E-state index contributed by atoms with van der Waals surface area (Å²) < 4.78 is 12.9. The van der Waals surface area contributed by atoms with Gasteiger partial charge in [-0.15, -0.1) is 13.2 Å². The highest BCUT2D eigenvalue weighted by Crippen LogP contribution is 2.17. The summed E-state index contributed by atoms with van der Waals surface area (Å²) in [6.07, 6.45) is 25.1. The van der Waals surface area contributed by atoms with Crippen LogP contribution in [-0.4, -0.2) is 75.4 Å². The van der Waals surface area contributed by atoms with Gasteiger partial charge in [0.15, 0.2) is 0 Å². The summed E-state index contributed by atoms with van der Waals surface area (Å²) in [6, 6.07) is 15.9. The maximum atomic E-state index is 12.5. The van der Waals surface area contributed by atoms with Crippen LogP contribution >= 0.6 is 0 Å². The molecule has 2 aromatic carbocycles. The second kappa shape index (κ2) is 26.5. The van der Waals surface area contributed by atoms with E-state index >= 15 is 0 Å². The molecule has 0 bridgehead atoms. The molecule has 52 heavy (non-hydrogen) atoms. The predicted octanol–water partition coefficient (Wildman–Crippen LogP) is 11.2. The Morgan fingerprint density at radius 2 is 0.788 bits per heavy atom. The van der Waals surface area contributed by atoms with Crippen LogP contribution in [0.2, 0.25) is 0 Å². The van der Waals surface area contributed by atoms with E-state index in [9.17, 15) is 9.59 Å². The molecule has 0 unspecified atom stereocenters. The highest BCUT2D eigenvalue weighted by molar-refractivity contribution is 5.89. The molecule has 6 nitrogen and oxygen atoms in total. The summed E-state index contributed by atoms with van der Waals surface area (Å²) in [5, 5.41) is 0. The highest BCUT2D eigenvalue weighted by atomic mass is 16.5. The number of ether oxygens (including phenoxy) is 2. The molecule has 6 heteroatoms. The number of unbranched alkanes of at least 4 members (excludes halogenated alkanes) is 15. The SMILES string of the molecule is C=CCCCCCCCCCOC(=O)c1ccc(C[N+](C)(C)CCCC[N+](C)(C)Cc2ccc(C(=O)OCCCCCCCCCC=C)cc2)cc1. The fourth-order valence-electron chi connectivity index (χ4n) is 6.76. The van der Waals surface area contributed by atoms with Crippen molar-refractivity contribution >= 4 is 11.9 Å². The predicted molar refractivity (Wildman–Crippen MR) is 218 cm³/mol. The van der Waals surface area contributed by atoms with Crippen molar-refractivity contribution in [3.05, 3.63) is 96.1 Å². The largest absolute Gasteiger partial charge is 0.462 e. The summed E-state index contributed by atoms with van der Waals surface area (Å²) in [4.78, 5) is 25.1. The van der Waals surface area contributed by atoms with E-state index in [1.165, 1.54) is 75.3 Å². The van der Waals surface area contributed by atoms with Gasteiger partial charge in [0.2, 0.25) is 0 Å². The molecule has 0 atom stereocenters. The fourth-order valence-corrected chi connectivity index (χ4v) is 6.76. The van der Waals surface area contributed by atoms with Crippen molar-refractivity contribution in [2.24, 2.45) is 0 Å². The van der Waals surface area contributed by atoms with Gasteiger partial charge in [-0.1, -0.05) is 101 Å². The van der Waals surface area contributed by atoms with Gasteiger partial charge in [0, 0.05) is 24.0 Å². The van der Waals surface area contributed by atoms with Crippen molar-refractivity contribution in [2.75, 3.05) is 54.5 Å². The van der Waals surface area contributed by atoms with E-state index in [0.29, 0.717) is 24.3 Å². The van der Waals surface area contributed by atoms with Crippen molar-refractivity contribution in [1.82, 2.24) is 0 Å². The number of allylic oxidation sites excluding steroid dienone is 2. The number of rotatable bonds is 31. The second-order valence-electron chi connectivity index (χ2n) is 16.1. The van der Waals surface area contributed by atoms with Gasteiger partial charge < -0.3 is 18.4 Å². The first kappa shape index (κ1) is 44.9. The van der Waals surface area contributed by atoms with E-state index in [1.54, 1.807) is 0 Å². The minimum absolute atomic E-state index is 0.221. The van der Waals surface area contributed by atoms with E-state index in [-0.39, 0.29) is 11.9 Å². The molecule has 0 amide bonds. The molecule has 0 saturated carbocycles. The third kappa shape index (κ3) is 21.3. The average Bonchev–Trinajstić information content (AvgIpc) is 3.12. The lowest BCUT2D eigenvalue weighted by Gasteiger charge is -2.32. The maximum Gasteiger partial charge on any atom is 0.338 e. The standard InChI is InChI=1S/C46H74N2O4/c1-7-9-11-13-15-17-19-21-25-37-51-45(49)43-31-27-41(28-32-43)39-47(3,4)35-23-24-36-48(5,6)40-42-29-33-44(34-30-42)46(50)52-38-26-22-20-18-16-14-12-10-8-2/h7-8,27-34H,1-2,9-26,35-40H2,3-6H3/q+2. The quantitative estimate of drug-likeness (QED) is 0.0337. The first-order valence-corrected chi connectivity index (χ1v) is 20.4. The Labute approximate surface area is 318 Å². The van der Waals surface area contributed by atoms with Crippen molar-refractivity contribution in [3.8, 4) is 0 Å². The van der Waals surface area contributed by atoms with Crippen LogP contribution in [0.4, 0.5) is 0 Å². The number of benzene rings is 2. The van der Waals surface area contributed by atoms with Crippen LogP contribution in [0.5, 0.6) is 0 Å². The minimum atomic E-state index is -0.221. The average molecular weight is 719 g/mol. The molecule has 2 aromatic rings. The number of carbonyl (C=O) groups excluding carboxylic acids is 2. The zero-order valence-corrected chi connectivity index (χ0v) is 33.7. The van der Waals surface area contributed by atoms with E-state index in [0.717, 1.165) is 86.5 Å². The zero-order chi connectivity index (χ0) is 37.9. The third-order valence-corrected chi connectivity index (χ3v) is 9.95. The number of hydrogen-bond donors (Lipinski definition) is 0. The van der Waals surface area contributed by atoms with Gasteiger partial charge in [0.25, 0.3) is 0 Å². The van der Waals surface area contributed by atoms with Gasteiger partial charge in [-0.25, -0.2) is 9.59 Å². The Kier molecular flexibility index (Phi) is 22.9. The Bertz CT molecular complexity index is 1170. The van der Waals surface area contributed by atoms with E-state index in [1.807, 2.05) is 36.4 Å². The topological polar surface area (TPSA) is 52.6 Å². The molecule has 0 heterocycles. The van der Waals surface area contributed by atoms with Gasteiger partial charge >= 0.3 is 11.9 Å². The Balaban J connectivity index is 1.60. The summed E-state index contributed by atoms with van der Waals surface area (Å²) in [5.41, 5.74) is 3.74. The molecular weight excluding hydrogens is 645 g/mol. The molecule has 290 valence electrons. The number of hydrogen-bond acceptors (Lipinski definition) is 4. The van der Waals surface area contributed by atoms with Crippen LogP contribution < -0.4 is 0 Å². The Hall–Kier alpha value is -3.22. The van der Waals surface area contributed by atoms with Gasteiger partial charge in [-0.3, -0.25) is 0 Å². The fraction of sp³-hybridized carbons (Fsp3) is 0.609. The van der Waals surface area contributed by atoms with Crippen LogP contribution in [0.15, 0.2) is 73.8 Å². The molecular formula is C46H74N2O4+2. The third-order valence-electron chi connectivity index (χ3n) is 9.95.